The van der Waals surface area contributed by atoms with Crippen LogP contribution in [0.5, 0.6) is 0 Å². The highest BCUT2D eigenvalue weighted by Crippen LogP contribution is 2.30. The van der Waals surface area contributed by atoms with Crippen LogP contribution >= 0.6 is 0 Å². The van der Waals surface area contributed by atoms with E-state index in [4.69, 9.17) is 0 Å². The van der Waals surface area contributed by atoms with Crippen LogP contribution in [0.4, 0.5) is 5.69 Å². The summed E-state index contributed by atoms with van der Waals surface area (Å²) >= 11 is 0. The van der Waals surface area contributed by atoms with Crippen molar-refractivity contribution in [2.24, 2.45) is 0 Å². The molecule has 0 saturated carbocycles. The van der Waals surface area contributed by atoms with Crippen molar-refractivity contribution in [2.45, 2.75) is 51.6 Å². The maximum atomic E-state index is 12.9. The van der Waals surface area contributed by atoms with E-state index in [0.29, 0.717) is 16.7 Å². The molecule has 3 heterocycles. The molecular formula is C34H38N4O2. The Morgan fingerprint density at radius 3 is 1.77 bits per heavy atom. The number of piperidine rings is 2. The second-order valence-corrected chi connectivity index (χ2v) is 11.3. The van der Waals surface area contributed by atoms with Gasteiger partial charge in [0.25, 0.3) is 11.8 Å². The van der Waals surface area contributed by atoms with Crippen molar-refractivity contribution in [1.29, 1.82) is 0 Å². The first kappa shape index (κ1) is 26.5. The third kappa shape index (κ3) is 6.19. The number of benzene rings is 3. The monoisotopic (exact) mass is 534 g/mol. The minimum absolute atomic E-state index is 0.359. The first-order valence-corrected chi connectivity index (χ1v) is 14.7. The molecule has 0 aliphatic carbocycles. The molecule has 0 radical (unpaired) electrons. The van der Waals surface area contributed by atoms with Crippen LogP contribution in [0.3, 0.4) is 0 Å². The van der Waals surface area contributed by atoms with Crippen LogP contribution in [0.1, 0.15) is 65.6 Å². The molecule has 2 amide bonds. The van der Waals surface area contributed by atoms with Gasteiger partial charge in [0.2, 0.25) is 0 Å². The van der Waals surface area contributed by atoms with E-state index < -0.39 is 0 Å². The van der Waals surface area contributed by atoms with Gasteiger partial charge in [0.05, 0.1) is 5.57 Å². The molecular weight excluding hydrogens is 496 g/mol. The lowest BCUT2D eigenvalue weighted by molar-refractivity contribution is -0.114. The Balaban J connectivity index is 1.18. The predicted octanol–water partition coefficient (Wildman–Crippen LogP) is 6.05. The fourth-order valence-corrected chi connectivity index (χ4v) is 6.06. The van der Waals surface area contributed by atoms with E-state index in [0.717, 1.165) is 29.9 Å². The van der Waals surface area contributed by atoms with E-state index in [1.165, 1.54) is 75.8 Å². The predicted molar refractivity (Wildman–Crippen MR) is 161 cm³/mol. The third-order valence-corrected chi connectivity index (χ3v) is 8.36. The van der Waals surface area contributed by atoms with Crippen molar-refractivity contribution in [1.82, 2.24) is 15.1 Å². The molecule has 0 bridgehead atoms. The molecule has 3 aromatic carbocycles. The summed E-state index contributed by atoms with van der Waals surface area (Å²) in [7, 11) is 0. The summed E-state index contributed by atoms with van der Waals surface area (Å²) in [5.41, 5.74) is 7.17. The number of imide groups is 1. The van der Waals surface area contributed by atoms with Crippen LogP contribution in [0.2, 0.25) is 0 Å². The maximum Gasteiger partial charge on any atom is 0.260 e. The molecule has 0 atom stereocenters. The molecule has 2 saturated heterocycles. The number of carbonyl (C=O) groups excluding carboxylic acids is 2. The minimum Gasteiger partial charge on any atom is -0.361 e. The van der Waals surface area contributed by atoms with Gasteiger partial charge in [0.1, 0.15) is 0 Å². The summed E-state index contributed by atoms with van der Waals surface area (Å²) in [4.78, 5) is 30.5. The van der Waals surface area contributed by atoms with Gasteiger partial charge in [0.15, 0.2) is 0 Å². The van der Waals surface area contributed by atoms with Gasteiger partial charge in [-0.05, 0) is 98.4 Å². The average Bonchev–Trinajstić information content (AvgIpc) is 2.99. The number of rotatable bonds is 7. The summed E-state index contributed by atoms with van der Waals surface area (Å²) in [5.74, 6) is -0.747. The van der Waals surface area contributed by atoms with Gasteiger partial charge < -0.3 is 5.32 Å². The molecule has 6 nitrogen and oxygen atoms in total. The van der Waals surface area contributed by atoms with Crippen molar-refractivity contribution in [3.63, 3.8) is 0 Å². The summed E-state index contributed by atoms with van der Waals surface area (Å²) < 4.78 is 0. The van der Waals surface area contributed by atoms with Gasteiger partial charge in [-0.3, -0.25) is 24.7 Å². The van der Waals surface area contributed by atoms with Gasteiger partial charge >= 0.3 is 0 Å². The largest absolute Gasteiger partial charge is 0.361 e. The van der Waals surface area contributed by atoms with Crippen molar-refractivity contribution in [3.8, 4) is 11.1 Å². The van der Waals surface area contributed by atoms with Crippen LogP contribution in [0, 0.1) is 0 Å². The number of nitrogens with one attached hydrogen (secondary N) is 2. The SMILES string of the molecule is O=C1NC(=O)c2ccc(-c3ccc(CN4CCCCC4)cc3)cc2/C1=C\Nc1ccc(CN2CCCCC2)cc1. The van der Waals surface area contributed by atoms with Crippen LogP contribution in [-0.4, -0.2) is 47.8 Å². The molecule has 0 aromatic heterocycles. The number of carbonyl (C=O) groups is 2. The molecule has 6 rings (SSSR count). The van der Waals surface area contributed by atoms with Crippen LogP contribution < -0.4 is 10.6 Å². The molecule has 3 aliphatic heterocycles. The maximum absolute atomic E-state index is 12.9. The quantitative estimate of drug-likeness (QED) is 0.285. The molecule has 40 heavy (non-hydrogen) atoms. The van der Waals surface area contributed by atoms with E-state index in [1.807, 2.05) is 30.3 Å². The number of hydrogen-bond donors (Lipinski definition) is 2. The Morgan fingerprint density at radius 2 is 1.18 bits per heavy atom. The molecule has 6 heteroatoms. The normalized spacial score (nSPS) is 19.4. The fraction of sp³-hybridized carbons (Fsp3) is 0.353. The number of hydrogen-bond acceptors (Lipinski definition) is 5. The molecule has 3 aliphatic rings. The smallest absolute Gasteiger partial charge is 0.260 e. The minimum atomic E-state index is -0.388. The Bertz CT molecular complexity index is 1380. The molecule has 0 unspecified atom stereocenters. The van der Waals surface area contributed by atoms with Crippen LogP contribution in [-0.2, 0) is 17.9 Å². The Labute approximate surface area is 237 Å². The zero-order valence-corrected chi connectivity index (χ0v) is 23.1. The first-order chi connectivity index (χ1) is 19.6. The van der Waals surface area contributed by atoms with Gasteiger partial charge in [-0.2, -0.15) is 0 Å². The highest BCUT2D eigenvalue weighted by Gasteiger charge is 2.27. The number of anilines is 1. The summed E-state index contributed by atoms with van der Waals surface area (Å²) in [6.45, 7) is 6.65. The van der Waals surface area contributed by atoms with E-state index in [1.54, 1.807) is 6.20 Å². The van der Waals surface area contributed by atoms with E-state index in [9.17, 15) is 9.59 Å². The van der Waals surface area contributed by atoms with Gasteiger partial charge in [-0.15, -0.1) is 0 Å². The van der Waals surface area contributed by atoms with Gasteiger partial charge in [-0.25, -0.2) is 0 Å². The molecule has 2 N–H and O–H groups in total. The van der Waals surface area contributed by atoms with Crippen molar-refractivity contribution in [2.75, 3.05) is 31.5 Å². The number of fused-ring (bicyclic) bond motifs is 1. The van der Waals surface area contributed by atoms with E-state index in [-0.39, 0.29) is 11.8 Å². The lowest BCUT2D eigenvalue weighted by atomic mass is 9.91. The lowest BCUT2D eigenvalue weighted by Gasteiger charge is -2.26. The van der Waals surface area contributed by atoms with Crippen LogP contribution in [0.25, 0.3) is 16.7 Å². The molecule has 0 spiro atoms. The topological polar surface area (TPSA) is 64.7 Å². The molecule has 3 aromatic rings. The molecule has 206 valence electrons. The second-order valence-electron chi connectivity index (χ2n) is 11.3. The number of amides is 2. The fourth-order valence-electron chi connectivity index (χ4n) is 6.06. The highest BCUT2D eigenvalue weighted by atomic mass is 16.2. The average molecular weight is 535 g/mol. The number of likely N-dealkylation sites (tertiary alicyclic amines) is 2. The Morgan fingerprint density at radius 1 is 0.625 bits per heavy atom. The molecule has 2 fully saturated rings. The lowest BCUT2D eigenvalue weighted by Crippen LogP contribution is -2.36. The Hall–Kier alpha value is -3.74. The van der Waals surface area contributed by atoms with E-state index >= 15 is 0 Å². The van der Waals surface area contributed by atoms with Crippen molar-refractivity contribution in [3.05, 3.63) is 95.2 Å². The standard InChI is InChI=1S/C34H38N4O2/c39-33-30-16-13-28(27-11-7-25(8-12-27)23-37-17-3-1-4-18-37)21-31(30)32(34(40)36-33)22-35-29-14-9-26(10-15-29)24-38-19-5-2-6-20-38/h7-16,21-22,35H,1-6,17-20,23-24H2,(H,36,39,40)/b32-22+. The summed E-state index contributed by atoms with van der Waals surface area (Å²) in [6, 6.07) is 22.8. The second kappa shape index (κ2) is 12.2. The van der Waals surface area contributed by atoms with Crippen LogP contribution in [0.15, 0.2) is 72.9 Å². The summed E-state index contributed by atoms with van der Waals surface area (Å²) in [5, 5.41) is 5.77. The summed E-state index contributed by atoms with van der Waals surface area (Å²) in [6.07, 6.45) is 9.53. The third-order valence-electron chi connectivity index (χ3n) is 8.36. The van der Waals surface area contributed by atoms with E-state index in [2.05, 4.69) is 56.8 Å². The zero-order valence-electron chi connectivity index (χ0n) is 23.1. The zero-order chi connectivity index (χ0) is 27.3. The highest BCUT2D eigenvalue weighted by molar-refractivity contribution is 6.31. The van der Waals surface area contributed by atoms with Crippen molar-refractivity contribution >= 4 is 23.1 Å². The van der Waals surface area contributed by atoms with Gasteiger partial charge in [0, 0.05) is 36.1 Å². The Kier molecular flexibility index (Phi) is 8.07. The first-order valence-electron chi connectivity index (χ1n) is 14.7. The number of nitrogens with zero attached hydrogens (tertiary/aromatic N) is 2. The van der Waals surface area contributed by atoms with Crippen molar-refractivity contribution < 1.29 is 9.59 Å². The van der Waals surface area contributed by atoms with Gasteiger partial charge in [-0.1, -0.05) is 55.3 Å².